The Balaban J connectivity index is 1.70. The molecule has 0 atom stereocenters. The van der Waals surface area contributed by atoms with E-state index in [-0.39, 0.29) is 10.8 Å². The van der Waals surface area contributed by atoms with Gasteiger partial charge in [0, 0.05) is 0 Å². The molecule has 0 bridgehead atoms. The van der Waals surface area contributed by atoms with Gasteiger partial charge >= 0.3 is 0 Å². The third-order valence-electron chi connectivity index (χ3n) is 9.79. The van der Waals surface area contributed by atoms with Crippen molar-refractivity contribution in [3.8, 4) is 11.1 Å². The summed E-state index contributed by atoms with van der Waals surface area (Å²) in [5.41, 5.74) is 18.6. The molecule has 2 aliphatic rings. The molecule has 0 saturated carbocycles. The molecule has 0 aliphatic heterocycles. The Morgan fingerprint density at radius 1 is 0.617 bits per heavy atom. The molecule has 0 heteroatoms. The van der Waals surface area contributed by atoms with Crippen molar-refractivity contribution in [2.45, 2.75) is 72.6 Å². The zero-order valence-electron chi connectivity index (χ0n) is 29.3. The quantitative estimate of drug-likeness (QED) is 0.186. The lowest BCUT2D eigenvalue weighted by Gasteiger charge is -2.28. The van der Waals surface area contributed by atoms with Gasteiger partial charge in [0.25, 0.3) is 0 Å². The summed E-state index contributed by atoms with van der Waals surface area (Å²) in [5, 5.41) is 2.68. The summed E-state index contributed by atoms with van der Waals surface area (Å²) in [6.45, 7) is 18.6. The van der Waals surface area contributed by atoms with Gasteiger partial charge in [-0.2, -0.15) is 0 Å². The van der Waals surface area contributed by atoms with Crippen LogP contribution in [-0.2, 0) is 10.8 Å². The Labute approximate surface area is 281 Å². The van der Waals surface area contributed by atoms with Crippen LogP contribution in [0.15, 0.2) is 115 Å². The number of hydrogen-bond acceptors (Lipinski definition) is 0. The predicted octanol–water partition coefficient (Wildman–Crippen LogP) is 10.8. The molecular formula is C47H46. The molecule has 47 heavy (non-hydrogen) atoms. The molecule has 0 unspecified atom stereocenters. The van der Waals surface area contributed by atoms with Crippen molar-refractivity contribution >= 4 is 22.8 Å². The molecule has 0 amide bonds. The van der Waals surface area contributed by atoms with E-state index in [1.165, 1.54) is 88.4 Å². The molecule has 0 N–H and O–H groups in total. The number of hydrogen-bond donors (Lipinski definition) is 0. The van der Waals surface area contributed by atoms with Crippen LogP contribution in [0.2, 0.25) is 0 Å². The molecule has 7 rings (SSSR count). The summed E-state index contributed by atoms with van der Waals surface area (Å²) in [4.78, 5) is 0. The van der Waals surface area contributed by atoms with Crippen molar-refractivity contribution in [3.63, 3.8) is 0 Å². The van der Waals surface area contributed by atoms with E-state index in [0.29, 0.717) is 0 Å². The average molecular weight is 611 g/mol. The first kappa shape index (κ1) is 30.9. The van der Waals surface area contributed by atoms with E-state index in [9.17, 15) is 0 Å². The highest BCUT2D eigenvalue weighted by molar-refractivity contribution is 6.02. The SMILES string of the molecule is Cc1cc(C)cc(C2=C(c3c(C(C)(C)C)c(=C(c4ccccc4)c4ccccc4)cc4c3=Cc3cc(C(C)(C)C)ccc3-4)CC=C2)c1. The fraction of sp³-hybridized carbons (Fsp3) is 0.234. The summed E-state index contributed by atoms with van der Waals surface area (Å²) < 4.78 is 0. The van der Waals surface area contributed by atoms with Gasteiger partial charge in [-0.25, -0.2) is 0 Å². The molecule has 0 heterocycles. The van der Waals surface area contributed by atoms with Crippen LogP contribution in [0.5, 0.6) is 0 Å². The molecule has 234 valence electrons. The smallest absolute Gasteiger partial charge is 0.00354 e. The van der Waals surface area contributed by atoms with Gasteiger partial charge in [-0.3, -0.25) is 0 Å². The third kappa shape index (κ3) is 5.65. The van der Waals surface area contributed by atoms with Gasteiger partial charge in [0.15, 0.2) is 0 Å². The summed E-state index contributed by atoms with van der Waals surface area (Å²) in [5.74, 6) is 0. The zero-order valence-corrected chi connectivity index (χ0v) is 29.3. The second kappa shape index (κ2) is 11.5. The van der Waals surface area contributed by atoms with Gasteiger partial charge < -0.3 is 0 Å². The van der Waals surface area contributed by atoms with E-state index in [4.69, 9.17) is 0 Å². The maximum absolute atomic E-state index is 2.52. The molecule has 0 aromatic heterocycles. The molecule has 0 fully saturated rings. The van der Waals surface area contributed by atoms with Crippen LogP contribution in [-0.4, -0.2) is 0 Å². The van der Waals surface area contributed by atoms with Crippen molar-refractivity contribution in [2.24, 2.45) is 0 Å². The van der Waals surface area contributed by atoms with Gasteiger partial charge in [-0.1, -0.05) is 162 Å². The number of aryl methyl sites for hydroxylation is 2. The van der Waals surface area contributed by atoms with Gasteiger partial charge in [0.1, 0.15) is 0 Å². The lowest BCUT2D eigenvalue weighted by molar-refractivity contribution is 0.583. The molecule has 0 nitrogen and oxygen atoms in total. The molecule has 0 saturated heterocycles. The highest BCUT2D eigenvalue weighted by Gasteiger charge is 2.30. The normalized spacial score (nSPS) is 13.9. The summed E-state index contributed by atoms with van der Waals surface area (Å²) in [6, 6.07) is 38.7. The minimum absolute atomic E-state index is 0.0812. The minimum atomic E-state index is -0.128. The van der Waals surface area contributed by atoms with Crippen molar-refractivity contribution in [2.75, 3.05) is 0 Å². The Bertz CT molecular complexity index is 2150. The first-order chi connectivity index (χ1) is 22.4. The van der Waals surface area contributed by atoms with Crippen molar-refractivity contribution < 1.29 is 0 Å². The average Bonchev–Trinajstić information content (AvgIpc) is 3.65. The second-order valence-corrected chi connectivity index (χ2v) is 15.6. The Hall–Kier alpha value is -4.68. The van der Waals surface area contributed by atoms with Gasteiger partial charge in [0.05, 0.1) is 0 Å². The number of allylic oxidation sites excluding steroid dienone is 4. The summed E-state index contributed by atoms with van der Waals surface area (Å²) in [7, 11) is 0. The first-order valence-electron chi connectivity index (χ1n) is 17.1. The van der Waals surface area contributed by atoms with Crippen LogP contribution < -0.4 is 10.4 Å². The highest BCUT2D eigenvalue weighted by atomic mass is 14.3. The predicted molar refractivity (Wildman–Crippen MR) is 203 cm³/mol. The van der Waals surface area contributed by atoms with E-state index in [1.54, 1.807) is 0 Å². The van der Waals surface area contributed by atoms with E-state index in [0.717, 1.165) is 6.42 Å². The van der Waals surface area contributed by atoms with E-state index in [1.807, 2.05) is 0 Å². The molecule has 5 aromatic carbocycles. The number of rotatable bonds is 4. The Morgan fingerprint density at radius 2 is 1.23 bits per heavy atom. The monoisotopic (exact) mass is 610 g/mol. The van der Waals surface area contributed by atoms with Crippen LogP contribution in [0, 0.1) is 13.8 Å². The lowest BCUT2D eigenvalue weighted by Crippen LogP contribution is -2.32. The third-order valence-corrected chi connectivity index (χ3v) is 9.79. The minimum Gasteiger partial charge on any atom is -0.0795 e. The van der Waals surface area contributed by atoms with Crippen LogP contribution in [0.4, 0.5) is 0 Å². The largest absolute Gasteiger partial charge is 0.0795 e. The highest BCUT2D eigenvalue weighted by Crippen LogP contribution is 2.41. The second-order valence-electron chi connectivity index (χ2n) is 15.6. The van der Waals surface area contributed by atoms with E-state index < -0.39 is 0 Å². The fourth-order valence-electron chi connectivity index (χ4n) is 7.74. The van der Waals surface area contributed by atoms with Crippen molar-refractivity contribution in [1.82, 2.24) is 0 Å². The Kier molecular flexibility index (Phi) is 7.59. The standard InChI is InChI=1S/C47H46/c1-30-24-31(2)26-34(25-30)37-20-15-21-39(37)44-41-28-35-27-36(46(3,4)5)22-23-38(35)40(41)29-42(45(44)47(6,7)8)43(32-16-11-9-12-17-32)33-18-13-10-14-19-33/h9-20,22-29H,21H2,1-8H3. The zero-order chi connectivity index (χ0) is 33.1. The van der Waals surface area contributed by atoms with E-state index in [2.05, 4.69) is 177 Å². The van der Waals surface area contributed by atoms with Crippen LogP contribution in [0.1, 0.15) is 98.0 Å². The number of fused-ring (bicyclic) bond motifs is 3. The van der Waals surface area contributed by atoms with Crippen LogP contribution in [0.25, 0.3) is 33.9 Å². The van der Waals surface area contributed by atoms with Crippen LogP contribution in [0.3, 0.4) is 0 Å². The maximum Gasteiger partial charge on any atom is -0.00354 e. The van der Waals surface area contributed by atoms with Gasteiger partial charge in [-0.15, -0.1) is 0 Å². The summed E-state index contributed by atoms with van der Waals surface area (Å²) in [6.07, 6.45) is 8.15. The maximum atomic E-state index is 2.52. The lowest BCUT2D eigenvalue weighted by atomic mass is 9.75. The molecule has 5 aromatic rings. The van der Waals surface area contributed by atoms with Gasteiger partial charge in [-0.05, 0) is 120 Å². The van der Waals surface area contributed by atoms with Crippen molar-refractivity contribution in [1.29, 1.82) is 0 Å². The van der Waals surface area contributed by atoms with Gasteiger partial charge in [0.2, 0.25) is 0 Å². The Morgan fingerprint density at radius 3 is 1.81 bits per heavy atom. The topological polar surface area (TPSA) is 0 Å². The number of benzene rings is 5. The fourth-order valence-corrected chi connectivity index (χ4v) is 7.74. The van der Waals surface area contributed by atoms with E-state index >= 15 is 0 Å². The first-order valence-corrected chi connectivity index (χ1v) is 17.1. The van der Waals surface area contributed by atoms with Crippen molar-refractivity contribution in [3.05, 3.63) is 176 Å². The summed E-state index contributed by atoms with van der Waals surface area (Å²) >= 11 is 0. The molecule has 0 spiro atoms. The molecule has 0 radical (unpaired) electrons. The molecule has 2 aliphatic carbocycles. The molecular weight excluding hydrogens is 565 g/mol. The van der Waals surface area contributed by atoms with Crippen LogP contribution >= 0.6 is 0 Å².